The predicted molar refractivity (Wildman–Crippen MR) is 115 cm³/mol. The Morgan fingerprint density at radius 1 is 1.11 bits per heavy atom. The fourth-order valence-corrected chi connectivity index (χ4v) is 4.15. The highest BCUT2D eigenvalue weighted by Crippen LogP contribution is 2.46. The van der Waals surface area contributed by atoms with Crippen molar-refractivity contribution >= 4 is 40.6 Å². The molecule has 0 radical (unpaired) electrons. The van der Waals surface area contributed by atoms with E-state index in [1.807, 2.05) is 30.2 Å². The minimum absolute atomic E-state index is 0.0926. The number of carbonyl (C=O) groups is 1. The molecule has 2 aromatic rings. The Morgan fingerprint density at radius 3 is 2.68 bits per heavy atom. The van der Waals surface area contributed by atoms with Gasteiger partial charge < -0.3 is 15.1 Å². The van der Waals surface area contributed by atoms with E-state index in [-0.39, 0.29) is 6.03 Å². The molecule has 0 unspecified atom stereocenters. The topological polar surface area (TPSA) is 48.5 Å². The second-order valence-corrected chi connectivity index (χ2v) is 8.37. The molecule has 1 aliphatic heterocycles. The van der Waals surface area contributed by atoms with Gasteiger partial charge in [0.05, 0.1) is 10.7 Å². The van der Waals surface area contributed by atoms with Gasteiger partial charge in [0.25, 0.3) is 0 Å². The standard InChI is InChI=1S/C21H24Cl2N4O/c1-14-3-6-16(11-18(14)22)25-21(28)27-8-2-7-26(9-10-27)20-17(15-4-5-15)12-24-13-19(20)23/h3,6,11-13,15H,2,4-5,7-10H2,1H3,(H,25,28). The zero-order valence-corrected chi connectivity index (χ0v) is 17.4. The first kappa shape index (κ1) is 19.3. The van der Waals surface area contributed by atoms with Crippen LogP contribution in [0.25, 0.3) is 0 Å². The van der Waals surface area contributed by atoms with E-state index in [4.69, 9.17) is 23.2 Å². The highest BCUT2D eigenvalue weighted by Gasteiger charge is 2.30. The first-order valence-corrected chi connectivity index (χ1v) is 10.5. The molecule has 4 rings (SSSR count). The number of nitrogens with zero attached hydrogens (tertiary/aromatic N) is 3. The molecule has 2 heterocycles. The molecule has 0 bridgehead atoms. The molecular weight excluding hydrogens is 395 g/mol. The van der Waals surface area contributed by atoms with Crippen LogP contribution < -0.4 is 10.2 Å². The number of anilines is 2. The van der Waals surface area contributed by atoms with Crippen LogP contribution >= 0.6 is 23.2 Å². The van der Waals surface area contributed by atoms with Crippen molar-refractivity contribution in [1.82, 2.24) is 9.88 Å². The number of urea groups is 1. The van der Waals surface area contributed by atoms with E-state index < -0.39 is 0 Å². The van der Waals surface area contributed by atoms with E-state index in [1.54, 1.807) is 12.3 Å². The van der Waals surface area contributed by atoms with Crippen molar-refractivity contribution in [3.63, 3.8) is 0 Å². The van der Waals surface area contributed by atoms with E-state index in [0.29, 0.717) is 29.1 Å². The Hall–Kier alpha value is -1.98. The molecule has 0 spiro atoms. The Kier molecular flexibility index (Phi) is 5.65. The lowest BCUT2D eigenvalue weighted by molar-refractivity contribution is 0.215. The number of hydrogen-bond donors (Lipinski definition) is 1. The van der Waals surface area contributed by atoms with E-state index in [1.165, 1.54) is 18.4 Å². The number of rotatable bonds is 3. The minimum atomic E-state index is -0.0926. The molecule has 1 N–H and O–H groups in total. The molecule has 2 amide bonds. The summed E-state index contributed by atoms with van der Waals surface area (Å²) in [6.45, 7) is 4.93. The quantitative estimate of drug-likeness (QED) is 0.733. The number of carbonyl (C=O) groups excluding carboxylic acids is 1. The predicted octanol–water partition coefficient (Wildman–Crippen LogP) is 5.32. The third-order valence-electron chi connectivity index (χ3n) is 5.44. The monoisotopic (exact) mass is 418 g/mol. The van der Waals surface area contributed by atoms with Crippen molar-refractivity contribution in [2.75, 3.05) is 36.4 Å². The SMILES string of the molecule is Cc1ccc(NC(=O)N2CCCN(c3c(Cl)cncc3C3CC3)CC2)cc1Cl. The molecule has 5 nitrogen and oxygen atoms in total. The van der Waals surface area contributed by atoms with Crippen LogP contribution in [0.2, 0.25) is 10.0 Å². The first-order chi connectivity index (χ1) is 13.5. The van der Waals surface area contributed by atoms with Crippen molar-refractivity contribution in [2.24, 2.45) is 0 Å². The van der Waals surface area contributed by atoms with Gasteiger partial charge in [0.2, 0.25) is 0 Å². The van der Waals surface area contributed by atoms with Gasteiger partial charge in [-0.25, -0.2) is 4.79 Å². The van der Waals surface area contributed by atoms with Gasteiger partial charge in [0.1, 0.15) is 0 Å². The third-order valence-corrected chi connectivity index (χ3v) is 6.12. The van der Waals surface area contributed by atoms with E-state index in [0.717, 1.165) is 36.4 Å². The van der Waals surface area contributed by atoms with Crippen LogP contribution in [0, 0.1) is 6.92 Å². The van der Waals surface area contributed by atoms with Crippen molar-refractivity contribution in [3.8, 4) is 0 Å². The van der Waals surface area contributed by atoms with Crippen molar-refractivity contribution in [1.29, 1.82) is 0 Å². The largest absolute Gasteiger partial charge is 0.368 e. The molecule has 1 aromatic heterocycles. The van der Waals surface area contributed by atoms with Gasteiger partial charge in [-0.2, -0.15) is 0 Å². The van der Waals surface area contributed by atoms with Crippen LogP contribution in [-0.4, -0.2) is 42.1 Å². The van der Waals surface area contributed by atoms with Crippen molar-refractivity contribution < 1.29 is 4.79 Å². The van der Waals surface area contributed by atoms with Gasteiger partial charge in [-0.1, -0.05) is 29.3 Å². The van der Waals surface area contributed by atoms with Gasteiger partial charge >= 0.3 is 6.03 Å². The van der Waals surface area contributed by atoms with Crippen LogP contribution in [0.15, 0.2) is 30.6 Å². The number of aryl methyl sites for hydroxylation is 1. The number of amides is 2. The number of benzene rings is 1. The average molecular weight is 419 g/mol. The van der Waals surface area contributed by atoms with Crippen molar-refractivity contribution in [2.45, 2.75) is 32.1 Å². The van der Waals surface area contributed by atoms with Gasteiger partial charge in [-0.05, 0) is 55.4 Å². The third kappa shape index (κ3) is 4.20. The molecule has 1 aliphatic carbocycles. The fourth-order valence-electron chi connectivity index (χ4n) is 3.69. The summed E-state index contributed by atoms with van der Waals surface area (Å²) in [7, 11) is 0. The second-order valence-electron chi connectivity index (χ2n) is 7.56. The lowest BCUT2D eigenvalue weighted by Crippen LogP contribution is -2.38. The summed E-state index contributed by atoms with van der Waals surface area (Å²) in [5.74, 6) is 0.579. The highest BCUT2D eigenvalue weighted by molar-refractivity contribution is 6.33. The Balaban J connectivity index is 1.44. The number of hydrogen-bond acceptors (Lipinski definition) is 3. The number of nitrogens with one attached hydrogen (secondary N) is 1. The van der Waals surface area contributed by atoms with Gasteiger partial charge in [0.15, 0.2) is 0 Å². The molecular formula is C21H24Cl2N4O. The van der Waals surface area contributed by atoms with E-state index in [2.05, 4.69) is 15.2 Å². The summed E-state index contributed by atoms with van der Waals surface area (Å²) < 4.78 is 0. The summed E-state index contributed by atoms with van der Waals surface area (Å²) in [6, 6.07) is 5.48. The number of aromatic nitrogens is 1. The summed E-state index contributed by atoms with van der Waals surface area (Å²) >= 11 is 12.7. The normalized spacial score (nSPS) is 17.4. The van der Waals surface area contributed by atoms with Crippen LogP contribution in [-0.2, 0) is 0 Å². The lowest BCUT2D eigenvalue weighted by atomic mass is 10.1. The summed E-state index contributed by atoms with van der Waals surface area (Å²) in [5.41, 5.74) is 4.06. The van der Waals surface area contributed by atoms with Gasteiger partial charge in [-0.15, -0.1) is 0 Å². The molecule has 7 heteroatoms. The molecule has 1 saturated heterocycles. The van der Waals surface area contributed by atoms with E-state index in [9.17, 15) is 4.79 Å². The first-order valence-electron chi connectivity index (χ1n) is 9.73. The molecule has 148 valence electrons. The smallest absolute Gasteiger partial charge is 0.321 e. The molecule has 2 fully saturated rings. The summed E-state index contributed by atoms with van der Waals surface area (Å²) in [4.78, 5) is 21.2. The maximum atomic E-state index is 12.7. The Labute approximate surface area is 175 Å². The lowest BCUT2D eigenvalue weighted by Gasteiger charge is -2.27. The number of halogens is 2. The summed E-state index contributed by atoms with van der Waals surface area (Å²) in [6.07, 6.45) is 6.98. The van der Waals surface area contributed by atoms with E-state index >= 15 is 0 Å². The van der Waals surface area contributed by atoms with Crippen molar-refractivity contribution in [3.05, 3.63) is 51.8 Å². The average Bonchev–Trinajstić information content (AvgIpc) is 3.51. The van der Waals surface area contributed by atoms with Crippen LogP contribution in [0.4, 0.5) is 16.2 Å². The number of pyridine rings is 1. The summed E-state index contributed by atoms with van der Waals surface area (Å²) in [5, 5.41) is 4.32. The second kappa shape index (κ2) is 8.18. The van der Waals surface area contributed by atoms with Gasteiger partial charge in [0, 0.05) is 49.3 Å². The fraction of sp³-hybridized carbons (Fsp3) is 0.429. The van der Waals surface area contributed by atoms with Crippen LogP contribution in [0.3, 0.4) is 0 Å². The van der Waals surface area contributed by atoms with Gasteiger partial charge in [-0.3, -0.25) is 4.98 Å². The molecule has 1 saturated carbocycles. The van der Waals surface area contributed by atoms with Crippen LogP contribution in [0.5, 0.6) is 0 Å². The Bertz CT molecular complexity index is 885. The zero-order valence-electron chi connectivity index (χ0n) is 15.9. The molecule has 1 aromatic carbocycles. The zero-order chi connectivity index (χ0) is 19.7. The molecule has 28 heavy (non-hydrogen) atoms. The van der Waals surface area contributed by atoms with Crippen LogP contribution in [0.1, 0.15) is 36.3 Å². The Morgan fingerprint density at radius 2 is 1.93 bits per heavy atom. The molecule has 0 atom stereocenters. The minimum Gasteiger partial charge on any atom is -0.368 e. The highest BCUT2D eigenvalue weighted by atomic mass is 35.5. The maximum absolute atomic E-state index is 12.7. The maximum Gasteiger partial charge on any atom is 0.321 e. The molecule has 2 aliphatic rings.